The van der Waals surface area contributed by atoms with Crippen molar-refractivity contribution in [1.82, 2.24) is 4.90 Å². The van der Waals surface area contributed by atoms with Gasteiger partial charge >= 0.3 is 6.30 Å². The quantitative estimate of drug-likeness (QED) is 0.605. The first-order chi connectivity index (χ1) is 5.91. The van der Waals surface area contributed by atoms with Gasteiger partial charge in [-0.05, 0) is 0 Å². The predicted molar refractivity (Wildman–Crippen MR) is 38.5 cm³/mol. The van der Waals surface area contributed by atoms with Crippen LogP contribution in [-0.4, -0.2) is 29.9 Å². The van der Waals surface area contributed by atoms with Gasteiger partial charge in [0.25, 0.3) is 5.91 Å². The van der Waals surface area contributed by atoms with Gasteiger partial charge in [0.2, 0.25) is 0 Å². The van der Waals surface area contributed by atoms with E-state index in [0.29, 0.717) is 6.20 Å². The van der Waals surface area contributed by atoms with Crippen LogP contribution in [-0.2, 0) is 4.79 Å². The van der Waals surface area contributed by atoms with Gasteiger partial charge in [0.05, 0.1) is 6.54 Å². The molecule has 1 aliphatic rings. The van der Waals surface area contributed by atoms with E-state index in [4.69, 9.17) is 5.73 Å². The minimum absolute atomic E-state index is 0.0279. The van der Waals surface area contributed by atoms with Gasteiger partial charge in [0.1, 0.15) is 5.70 Å². The molecule has 0 aromatic heterocycles. The summed E-state index contributed by atoms with van der Waals surface area (Å²) in [5.74, 6) is -0.981. The molecule has 0 aliphatic carbocycles. The summed E-state index contributed by atoms with van der Waals surface area (Å²) in [7, 11) is 0. The third kappa shape index (κ3) is 2.20. The van der Waals surface area contributed by atoms with Gasteiger partial charge in [0, 0.05) is 12.4 Å². The molecule has 0 saturated heterocycles. The summed E-state index contributed by atoms with van der Waals surface area (Å²) in [6, 6.07) is 0. The van der Waals surface area contributed by atoms with Gasteiger partial charge in [-0.3, -0.25) is 14.7 Å². The lowest BCUT2D eigenvalue weighted by Crippen LogP contribution is -2.37. The van der Waals surface area contributed by atoms with Crippen LogP contribution in [0.4, 0.5) is 13.2 Å². The number of alkyl halides is 3. The molecular formula is C6H6F3N3O. The maximum Gasteiger partial charge on any atom is 0.484 e. The molecule has 0 fully saturated rings. The Bertz CT molecular complexity index is 281. The van der Waals surface area contributed by atoms with Crippen molar-refractivity contribution in [1.29, 1.82) is 0 Å². The number of halogens is 3. The zero-order valence-corrected chi connectivity index (χ0v) is 6.38. The average molecular weight is 193 g/mol. The monoisotopic (exact) mass is 193 g/mol. The standard InChI is InChI=1S/C6H6F3N3O/c7-6(8,9)12-2-1-11-4(3-12)5(10)13/h1,3H,2H2,(H2,10,13). The molecule has 13 heavy (non-hydrogen) atoms. The first-order valence-corrected chi connectivity index (χ1v) is 3.29. The number of rotatable bonds is 1. The Kier molecular flexibility index (Phi) is 2.26. The molecule has 1 rings (SSSR count). The van der Waals surface area contributed by atoms with E-state index in [2.05, 4.69) is 4.99 Å². The fourth-order valence-electron chi connectivity index (χ4n) is 0.765. The highest BCUT2D eigenvalue weighted by atomic mass is 19.4. The molecule has 0 aromatic carbocycles. The van der Waals surface area contributed by atoms with E-state index in [1.165, 1.54) is 0 Å². The number of primary amides is 1. The van der Waals surface area contributed by atoms with Gasteiger partial charge in [0.15, 0.2) is 0 Å². The smallest absolute Gasteiger partial charge is 0.364 e. The van der Waals surface area contributed by atoms with E-state index >= 15 is 0 Å². The van der Waals surface area contributed by atoms with Crippen molar-refractivity contribution < 1.29 is 18.0 Å². The summed E-state index contributed by atoms with van der Waals surface area (Å²) in [6.45, 7) is -0.403. The summed E-state index contributed by atoms with van der Waals surface area (Å²) < 4.78 is 36.1. The average Bonchev–Trinajstić information content (AvgIpc) is 2.03. The Morgan fingerprint density at radius 1 is 1.62 bits per heavy atom. The van der Waals surface area contributed by atoms with Crippen LogP contribution < -0.4 is 5.73 Å². The summed E-state index contributed by atoms with van der Waals surface area (Å²) in [6.07, 6.45) is -2.94. The number of aliphatic imine (C=N–C) groups is 1. The van der Waals surface area contributed by atoms with E-state index in [1.807, 2.05) is 0 Å². The third-order valence-corrected chi connectivity index (χ3v) is 1.36. The fraction of sp³-hybridized carbons (Fsp3) is 0.333. The second kappa shape index (κ2) is 3.08. The van der Waals surface area contributed by atoms with Crippen LogP contribution in [0.1, 0.15) is 0 Å². The predicted octanol–water partition coefficient (Wildman–Crippen LogP) is 0.219. The number of carbonyl (C=O) groups is 1. The molecule has 0 aromatic rings. The lowest BCUT2D eigenvalue weighted by molar-refractivity contribution is -0.223. The molecule has 1 aliphatic heterocycles. The molecule has 0 unspecified atom stereocenters. The number of nitrogens with two attached hydrogens (primary N) is 1. The minimum Gasteiger partial charge on any atom is -0.364 e. The van der Waals surface area contributed by atoms with E-state index < -0.39 is 24.4 Å². The van der Waals surface area contributed by atoms with Crippen LogP contribution in [0.15, 0.2) is 16.9 Å². The number of amides is 1. The van der Waals surface area contributed by atoms with Crippen molar-refractivity contribution in [3.63, 3.8) is 0 Å². The number of nitrogens with zero attached hydrogens (tertiary/aromatic N) is 2. The van der Waals surface area contributed by atoms with Crippen molar-refractivity contribution in [2.75, 3.05) is 6.54 Å². The zero-order valence-electron chi connectivity index (χ0n) is 6.38. The van der Waals surface area contributed by atoms with Crippen LogP contribution >= 0.6 is 0 Å². The zero-order chi connectivity index (χ0) is 10.1. The van der Waals surface area contributed by atoms with E-state index in [-0.39, 0.29) is 4.90 Å². The van der Waals surface area contributed by atoms with Gasteiger partial charge in [-0.15, -0.1) is 0 Å². The number of hydrogen-bond donors (Lipinski definition) is 1. The Hall–Kier alpha value is -1.53. The van der Waals surface area contributed by atoms with Crippen LogP contribution in [0.25, 0.3) is 0 Å². The van der Waals surface area contributed by atoms with Crippen LogP contribution in [0.3, 0.4) is 0 Å². The Labute approximate surface area is 71.5 Å². The van der Waals surface area contributed by atoms with Crippen molar-refractivity contribution in [2.24, 2.45) is 10.7 Å². The lowest BCUT2D eigenvalue weighted by atomic mass is 10.4. The molecule has 2 N–H and O–H groups in total. The highest BCUT2D eigenvalue weighted by molar-refractivity contribution is 5.93. The molecule has 0 atom stereocenters. The highest BCUT2D eigenvalue weighted by Gasteiger charge is 2.36. The normalized spacial score (nSPS) is 17.2. The van der Waals surface area contributed by atoms with Gasteiger partial charge in [-0.25, -0.2) is 0 Å². The van der Waals surface area contributed by atoms with E-state index in [1.54, 1.807) is 0 Å². The minimum atomic E-state index is -4.51. The molecule has 0 saturated carbocycles. The summed E-state index contributed by atoms with van der Waals surface area (Å²) in [5, 5.41) is 0. The number of carbonyl (C=O) groups excluding carboxylic acids is 1. The third-order valence-electron chi connectivity index (χ3n) is 1.36. The van der Waals surface area contributed by atoms with Gasteiger partial charge in [-0.2, -0.15) is 13.2 Å². The van der Waals surface area contributed by atoms with Crippen molar-refractivity contribution in [3.8, 4) is 0 Å². The molecule has 4 nitrogen and oxygen atoms in total. The molecule has 0 bridgehead atoms. The Morgan fingerprint density at radius 3 is 2.69 bits per heavy atom. The van der Waals surface area contributed by atoms with E-state index in [0.717, 1.165) is 6.21 Å². The van der Waals surface area contributed by atoms with Crippen LogP contribution in [0.2, 0.25) is 0 Å². The first-order valence-electron chi connectivity index (χ1n) is 3.29. The highest BCUT2D eigenvalue weighted by Crippen LogP contribution is 2.23. The SMILES string of the molecule is NC(=O)C1=CN(C(F)(F)F)CC=N1. The summed E-state index contributed by atoms with van der Waals surface area (Å²) in [5.41, 5.74) is 4.36. The molecule has 0 spiro atoms. The maximum absolute atomic E-state index is 12.0. The van der Waals surface area contributed by atoms with E-state index in [9.17, 15) is 18.0 Å². The van der Waals surface area contributed by atoms with Crippen molar-refractivity contribution in [2.45, 2.75) is 6.30 Å². The number of hydrogen-bond acceptors (Lipinski definition) is 3. The van der Waals surface area contributed by atoms with Crippen LogP contribution in [0, 0.1) is 0 Å². The lowest BCUT2D eigenvalue weighted by Gasteiger charge is -2.23. The molecule has 1 amide bonds. The molecule has 1 heterocycles. The fourth-order valence-corrected chi connectivity index (χ4v) is 0.765. The summed E-state index contributed by atoms with van der Waals surface area (Å²) >= 11 is 0. The largest absolute Gasteiger partial charge is 0.484 e. The van der Waals surface area contributed by atoms with Crippen molar-refractivity contribution in [3.05, 3.63) is 11.9 Å². The summed E-state index contributed by atoms with van der Waals surface area (Å²) in [4.78, 5) is 13.9. The molecular weight excluding hydrogens is 187 g/mol. The van der Waals surface area contributed by atoms with Gasteiger partial charge < -0.3 is 5.73 Å². The second-order valence-corrected chi connectivity index (χ2v) is 2.31. The first kappa shape index (κ1) is 9.56. The Balaban J connectivity index is 2.85. The molecule has 7 heteroatoms. The topological polar surface area (TPSA) is 58.7 Å². The second-order valence-electron chi connectivity index (χ2n) is 2.31. The van der Waals surface area contributed by atoms with Crippen molar-refractivity contribution >= 4 is 12.1 Å². The Morgan fingerprint density at radius 2 is 2.23 bits per heavy atom. The molecule has 0 radical (unpaired) electrons. The molecule has 72 valence electrons. The maximum atomic E-state index is 12.0. The van der Waals surface area contributed by atoms with Crippen LogP contribution in [0.5, 0.6) is 0 Å². The van der Waals surface area contributed by atoms with Gasteiger partial charge in [-0.1, -0.05) is 0 Å².